The molecule has 1 aliphatic rings. The summed E-state index contributed by atoms with van der Waals surface area (Å²) >= 11 is 0. The van der Waals surface area contributed by atoms with Crippen molar-refractivity contribution in [3.8, 4) is 44.8 Å². The van der Waals surface area contributed by atoms with Gasteiger partial charge in [0.1, 0.15) is 0 Å². The molecule has 2 aromatic heterocycles. The molecule has 2 nitrogen and oxygen atoms in total. The summed E-state index contributed by atoms with van der Waals surface area (Å²) in [7, 11) is 0. The second-order valence-corrected chi connectivity index (χ2v) is 20.9. The average Bonchev–Trinajstić information content (AvgIpc) is 4.04. The Balaban J connectivity index is 0.870. The third-order valence-corrected chi connectivity index (χ3v) is 16.6. The fourth-order valence-electron chi connectivity index (χ4n) is 13.1. The Kier molecular flexibility index (Phi) is 9.11. The van der Waals surface area contributed by atoms with Crippen LogP contribution in [-0.4, -0.2) is 9.13 Å². The minimum absolute atomic E-state index is 0.497. The van der Waals surface area contributed by atoms with Crippen molar-refractivity contribution in [3.63, 3.8) is 0 Å². The molecule has 0 bridgehead atoms. The van der Waals surface area contributed by atoms with Gasteiger partial charge in [0.25, 0.3) is 0 Å². The van der Waals surface area contributed by atoms with Gasteiger partial charge in [-0.2, -0.15) is 0 Å². The van der Waals surface area contributed by atoms with Gasteiger partial charge in [-0.05, 0) is 171 Å². The minimum Gasteiger partial charge on any atom is -0.309 e. The average molecular weight is 953 g/mol. The van der Waals surface area contributed by atoms with Crippen molar-refractivity contribution in [3.05, 3.63) is 260 Å². The van der Waals surface area contributed by atoms with Crippen molar-refractivity contribution >= 4 is 104 Å². The lowest BCUT2D eigenvalue weighted by atomic mass is 9.82. The first-order valence-corrected chi connectivity index (χ1v) is 26.4. The van der Waals surface area contributed by atoms with Gasteiger partial charge in [-0.3, -0.25) is 0 Å². The molecule has 16 rings (SSSR count). The molecule has 1 aliphatic carbocycles. The van der Waals surface area contributed by atoms with Crippen LogP contribution in [0.3, 0.4) is 0 Å². The molecule has 13 aromatic carbocycles. The number of allylic oxidation sites excluding steroid dienone is 1. The highest BCUT2D eigenvalue weighted by Gasteiger charge is 2.22. The van der Waals surface area contributed by atoms with Crippen LogP contribution in [0.4, 0.5) is 0 Å². The van der Waals surface area contributed by atoms with E-state index in [1.165, 1.54) is 142 Å². The van der Waals surface area contributed by atoms with Gasteiger partial charge in [-0.25, -0.2) is 0 Å². The lowest BCUT2D eigenvalue weighted by molar-refractivity contribution is 0.719. The summed E-state index contributed by atoms with van der Waals surface area (Å²) in [5, 5.41) is 17.8. The fourth-order valence-corrected chi connectivity index (χ4v) is 13.1. The molecule has 75 heavy (non-hydrogen) atoms. The summed E-state index contributed by atoms with van der Waals surface area (Å²) in [6.07, 6.45) is 5.76. The second-order valence-electron chi connectivity index (χ2n) is 20.9. The van der Waals surface area contributed by atoms with Crippen molar-refractivity contribution in [2.24, 2.45) is 5.92 Å². The molecule has 0 radical (unpaired) electrons. The van der Waals surface area contributed by atoms with Gasteiger partial charge >= 0.3 is 0 Å². The van der Waals surface area contributed by atoms with Gasteiger partial charge < -0.3 is 9.13 Å². The number of benzene rings is 13. The molecule has 15 aromatic rings. The Morgan fingerprint density at radius 1 is 0.320 bits per heavy atom. The lowest BCUT2D eigenvalue weighted by Crippen LogP contribution is -2.06. The standard InChI is InChI=1S/C73H48N2/c1-45-22-35-62-57-17-7-5-15-53(57)42-66(67(62)40-45)49-25-33-55(34-26-49)75-69-39-30-47-13-3-9-19-59(47)73(69)64-37-28-51(44-71(64)75)50-27-36-63-70(43-50)74(68-38-29-46-12-2-8-18-58(46)72(63)68)54-31-23-48(24-32-54)65-41-52-14-4-6-16-56(52)60-20-10-11-21-61(60)65/h2-39,41-45H,40H2,1H3/t45-/m1/s1. The number of hydrogen-bond donors (Lipinski definition) is 0. The highest BCUT2D eigenvalue weighted by molar-refractivity contribution is 6.23. The van der Waals surface area contributed by atoms with Crippen LogP contribution in [0.1, 0.15) is 18.1 Å². The summed E-state index contributed by atoms with van der Waals surface area (Å²) in [5.41, 5.74) is 17.3. The molecular weight excluding hydrogens is 905 g/mol. The van der Waals surface area contributed by atoms with E-state index in [2.05, 4.69) is 271 Å². The molecular formula is C73H48N2. The monoisotopic (exact) mass is 952 g/mol. The van der Waals surface area contributed by atoms with Gasteiger partial charge in [0.15, 0.2) is 0 Å². The Hall–Kier alpha value is -9.50. The summed E-state index contributed by atoms with van der Waals surface area (Å²) < 4.78 is 4.97. The second kappa shape index (κ2) is 16.3. The maximum Gasteiger partial charge on any atom is 0.0547 e. The quantitative estimate of drug-likeness (QED) is 0.152. The van der Waals surface area contributed by atoms with Crippen molar-refractivity contribution in [2.75, 3.05) is 0 Å². The van der Waals surface area contributed by atoms with E-state index in [4.69, 9.17) is 0 Å². The van der Waals surface area contributed by atoms with Crippen LogP contribution in [0, 0.1) is 5.92 Å². The molecule has 0 unspecified atom stereocenters. The van der Waals surface area contributed by atoms with Crippen LogP contribution >= 0.6 is 0 Å². The van der Waals surface area contributed by atoms with E-state index >= 15 is 0 Å². The molecule has 1 atom stereocenters. The number of aromatic nitrogens is 2. The Morgan fingerprint density at radius 3 is 1.33 bits per heavy atom. The van der Waals surface area contributed by atoms with Gasteiger partial charge in [0, 0.05) is 32.9 Å². The van der Waals surface area contributed by atoms with Crippen LogP contribution in [-0.2, 0) is 6.42 Å². The normalized spacial score (nSPS) is 13.7. The van der Waals surface area contributed by atoms with Crippen LogP contribution in [0.2, 0.25) is 0 Å². The summed E-state index contributed by atoms with van der Waals surface area (Å²) in [5.74, 6) is 0.497. The Bertz CT molecular complexity index is 4910. The topological polar surface area (TPSA) is 9.86 Å². The van der Waals surface area contributed by atoms with Crippen molar-refractivity contribution in [1.29, 1.82) is 0 Å². The molecule has 2 heterocycles. The maximum atomic E-state index is 2.49. The summed E-state index contributed by atoms with van der Waals surface area (Å²) in [6, 6.07) is 90.9. The zero-order valence-corrected chi connectivity index (χ0v) is 41.4. The first-order chi connectivity index (χ1) is 37.1. The Morgan fingerprint density at radius 2 is 0.760 bits per heavy atom. The van der Waals surface area contributed by atoms with Crippen LogP contribution < -0.4 is 0 Å². The Labute approximate surface area is 434 Å². The molecule has 350 valence electrons. The number of fused-ring (bicyclic) bond motifs is 16. The number of rotatable bonds is 5. The number of nitrogens with zero attached hydrogens (tertiary/aromatic N) is 2. The van der Waals surface area contributed by atoms with E-state index in [1.54, 1.807) is 0 Å². The lowest BCUT2D eigenvalue weighted by Gasteiger charge is -2.22. The molecule has 0 fully saturated rings. The smallest absolute Gasteiger partial charge is 0.0547 e. The third kappa shape index (κ3) is 6.39. The molecule has 0 N–H and O–H groups in total. The van der Waals surface area contributed by atoms with Gasteiger partial charge in [-0.1, -0.05) is 201 Å². The van der Waals surface area contributed by atoms with E-state index in [1.807, 2.05) is 0 Å². The fraction of sp³-hybridized carbons (Fsp3) is 0.0411. The minimum atomic E-state index is 0.497. The molecule has 0 aliphatic heterocycles. The van der Waals surface area contributed by atoms with E-state index in [9.17, 15) is 0 Å². The molecule has 0 spiro atoms. The highest BCUT2D eigenvalue weighted by atomic mass is 15.0. The molecule has 0 saturated heterocycles. The van der Waals surface area contributed by atoms with Crippen molar-refractivity contribution in [1.82, 2.24) is 9.13 Å². The highest BCUT2D eigenvalue weighted by Crippen LogP contribution is 2.44. The molecule has 0 amide bonds. The zero-order valence-electron chi connectivity index (χ0n) is 41.4. The van der Waals surface area contributed by atoms with Crippen LogP contribution in [0.25, 0.3) is 148 Å². The van der Waals surface area contributed by atoms with Gasteiger partial charge in [0.2, 0.25) is 0 Å². The zero-order chi connectivity index (χ0) is 49.3. The van der Waals surface area contributed by atoms with Crippen molar-refractivity contribution in [2.45, 2.75) is 13.3 Å². The maximum absolute atomic E-state index is 2.49. The van der Waals surface area contributed by atoms with E-state index in [0.29, 0.717) is 5.92 Å². The van der Waals surface area contributed by atoms with Crippen LogP contribution in [0.5, 0.6) is 0 Å². The first kappa shape index (κ1) is 42.1. The summed E-state index contributed by atoms with van der Waals surface area (Å²) in [4.78, 5) is 0. The van der Waals surface area contributed by atoms with Gasteiger partial charge in [0.05, 0.1) is 22.1 Å². The first-order valence-electron chi connectivity index (χ1n) is 26.4. The van der Waals surface area contributed by atoms with E-state index in [-0.39, 0.29) is 0 Å². The van der Waals surface area contributed by atoms with E-state index in [0.717, 1.165) is 17.8 Å². The predicted molar refractivity (Wildman–Crippen MR) is 321 cm³/mol. The third-order valence-electron chi connectivity index (χ3n) is 16.6. The molecule has 2 heteroatoms. The predicted octanol–water partition coefficient (Wildman–Crippen LogP) is 19.9. The number of hydrogen-bond acceptors (Lipinski definition) is 0. The largest absolute Gasteiger partial charge is 0.309 e. The van der Waals surface area contributed by atoms with Gasteiger partial charge in [-0.15, -0.1) is 0 Å². The van der Waals surface area contributed by atoms with Crippen LogP contribution in [0.15, 0.2) is 249 Å². The summed E-state index contributed by atoms with van der Waals surface area (Å²) in [6.45, 7) is 2.33. The van der Waals surface area contributed by atoms with Crippen molar-refractivity contribution < 1.29 is 0 Å². The SMILES string of the molecule is C[C@@H]1C=Cc2c(c(-c3ccc(-n4c5cc(-c6ccc7c8c9ccccc9ccc8n(-c8ccc(-c9cc%10ccccc%10c%10ccccc9%10)cc8)c7c6)ccc5c5c6ccccc6ccc54)cc3)cc3ccccc23)C1. The van der Waals surface area contributed by atoms with E-state index < -0.39 is 0 Å². The molecule has 0 saturated carbocycles.